The number of nitrogens with one attached hydrogen (secondary N) is 1. The minimum Gasteiger partial charge on any atom is -0.497 e. The Morgan fingerprint density at radius 2 is 2.13 bits per heavy atom. The quantitative estimate of drug-likeness (QED) is 0.633. The fourth-order valence-corrected chi connectivity index (χ4v) is 4.46. The molecule has 2 aromatic rings. The molecule has 1 saturated heterocycles. The highest BCUT2D eigenvalue weighted by molar-refractivity contribution is 6.30. The molecule has 1 aliphatic heterocycles. The van der Waals surface area contributed by atoms with Gasteiger partial charge in [-0.15, -0.1) is 0 Å². The van der Waals surface area contributed by atoms with Crippen LogP contribution in [0.15, 0.2) is 18.2 Å². The molecule has 0 saturated carbocycles. The summed E-state index contributed by atoms with van der Waals surface area (Å²) in [6.07, 6.45) is 3.73. The van der Waals surface area contributed by atoms with E-state index >= 15 is 0 Å². The summed E-state index contributed by atoms with van der Waals surface area (Å²) in [6, 6.07) is 5.62. The van der Waals surface area contributed by atoms with Crippen molar-refractivity contribution in [2.24, 2.45) is 13.0 Å². The Kier molecular flexibility index (Phi) is 8.21. The molecule has 7 nitrogen and oxygen atoms in total. The predicted molar refractivity (Wildman–Crippen MR) is 122 cm³/mol. The van der Waals surface area contributed by atoms with Gasteiger partial charge in [0.2, 0.25) is 5.91 Å². The number of aryl methyl sites for hydroxylation is 2. The van der Waals surface area contributed by atoms with Crippen LogP contribution >= 0.6 is 11.6 Å². The van der Waals surface area contributed by atoms with E-state index in [0.717, 1.165) is 61.5 Å². The third-order valence-corrected chi connectivity index (χ3v) is 6.48. The first-order chi connectivity index (χ1) is 14.9. The van der Waals surface area contributed by atoms with Crippen LogP contribution in [0.1, 0.15) is 42.5 Å². The lowest BCUT2D eigenvalue weighted by Gasteiger charge is -2.32. The zero-order valence-corrected chi connectivity index (χ0v) is 19.7. The van der Waals surface area contributed by atoms with Crippen molar-refractivity contribution in [3.63, 3.8) is 0 Å². The van der Waals surface area contributed by atoms with Crippen LogP contribution in [0.5, 0.6) is 11.5 Å². The zero-order chi connectivity index (χ0) is 22.4. The van der Waals surface area contributed by atoms with E-state index in [1.807, 2.05) is 32.2 Å². The summed E-state index contributed by atoms with van der Waals surface area (Å²) in [7, 11) is 5.11. The Balaban J connectivity index is 1.46. The number of carbonyl (C=O) groups excluding carboxylic acids is 1. The number of ether oxygens (including phenoxy) is 2. The fraction of sp³-hybridized carbons (Fsp3) is 0.565. The van der Waals surface area contributed by atoms with Crippen LogP contribution < -0.4 is 14.8 Å². The lowest BCUT2D eigenvalue weighted by molar-refractivity contribution is -0.121. The minimum atomic E-state index is 0.0705. The monoisotopic (exact) mass is 448 g/mol. The van der Waals surface area contributed by atoms with Crippen LogP contribution in [0.25, 0.3) is 0 Å². The number of likely N-dealkylation sites (tertiary alicyclic amines) is 1. The molecule has 31 heavy (non-hydrogen) atoms. The van der Waals surface area contributed by atoms with Crippen LogP contribution in [-0.4, -0.2) is 47.9 Å². The average Bonchev–Trinajstić information content (AvgIpc) is 3.02. The number of methoxy groups -OCH3 is 2. The topological polar surface area (TPSA) is 68.6 Å². The molecule has 2 heterocycles. The van der Waals surface area contributed by atoms with Gasteiger partial charge in [-0.2, -0.15) is 5.10 Å². The first-order valence-corrected chi connectivity index (χ1v) is 11.2. The Morgan fingerprint density at radius 1 is 1.32 bits per heavy atom. The number of aromatic nitrogens is 2. The lowest BCUT2D eigenvalue weighted by Crippen LogP contribution is -2.35. The molecule has 1 amide bonds. The Bertz CT molecular complexity index is 899. The molecule has 3 rings (SSSR count). The maximum atomic E-state index is 12.4. The highest BCUT2D eigenvalue weighted by Gasteiger charge is 2.23. The number of amides is 1. The second-order valence-electron chi connectivity index (χ2n) is 8.21. The van der Waals surface area contributed by atoms with E-state index in [2.05, 4.69) is 15.3 Å². The van der Waals surface area contributed by atoms with E-state index in [1.165, 1.54) is 0 Å². The minimum absolute atomic E-state index is 0.0705. The summed E-state index contributed by atoms with van der Waals surface area (Å²) in [6.45, 7) is 5.32. The summed E-state index contributed by atoms with van der Waals surface area (Å²) in [5, 5.41) is 8.14. The SMILES string of the molecule is COc1ccc(CNC(=O)CC[C@@H]2CCCN(Cc3c(C)nn(C)c3Cl)C2)c(OC)c1. The van der Waals surface area contributed by atoms with Gasteiger partial charge in [-0.25, -0.2) is 0 Å². The molecule has 1 fully saturated rings. The van der Waals surface area contributed by atoms with Gasteiger partial charge in [0.25, 0.3) is 0 Å². The van der Waals surface area contributed by atoms with Crippen molar-refractivity contribution in [3.05, 3.63) is 40.2 Å². The number of nitrogens with zero attached hydrogens (tertiary/aromatic N) is 3. The number of benzene rings is 1. The van der Waals surface area contributed by atoms with Gasteiger partial charge >= 0.3 is 0 Å². The molecule has 0 spiro atoms. The second kappa shape index (κ2) is 10.9. The van der Waals surface area contributed by atoms with Gasteiger partial charge in [-0.05, 0) is 50.8 Å². The Morgan fingerprint density at radius 3 is 2.81 bits per heavy atom. The van der Waals surface area contributed by atoms with Gasteiger partial charge in [0.1, 0.15) is 16.7 Å². The number of hydrogen-bond acceptors (Lipinski definition) is 5. The largest absolute Gasteiger partial charge is 0.497 e. The fourth-order valence-electron chi connectivity index (χ4n) is 4.22. The molecule has 0 aliphatic carbocycles. The standard InChI is InChI=1S/C23H33ClN4O3/c1-16-20(23(24)27(2)26-16)15-28-11-5-6-17(14-28)7-10-22(29)25-13-18-8-9-19(30-3)12-21(18)31-4/h8-9,12,17H,5-7,10-11,13-15H2,1-4H3,(H,25,29)/t17-/m0/s1. The number of halogens is 1. The normalized spacial score (nSPS) is 16.9. The second-order valence-corrected chi connectivity index (χ2v) is 8.57. The van der Waals surface area contributed by atoms with Gasteiger partial charge < -0.3 is 14.8 Å². The molecule has 1 atom stereocenters. The van der Waals surface area contributed by atoms with Gasteiger partial charge in [0.05, 0.1) is 19.9 Å². The summed E-state index contributed by atoms with van der Waals surface area (Å²) in [4.78, 5) is 14.9. The molecule has 1 aliphatic rings. The molecule has 0 radical (unpaired) electrons. The van der Waals surface area contributed by atoms with Gasteiger partial charge in [-0.1, -0.05) is 11.6 Å². The first-order valence-electron chi connectivity index (χ1n) is 10.8. The Hall–Kier alpha value is -2.25. The maximum Gasteiger partial charge on any atom is 0.220 e. The molecule has 1 aromatic heterocycles. The summed E-state index contributed by atoms with van der Waals surface area (Å²) < 4.78 is 12.4. The van der Waals surface area contributed by atoms with Crippen molar-refractivity contribution in [2.75, 3.05) is 27.3 Å². The third-order valence-electron chi connectivity index (χ3n) is 6.00. The van der Waals surface area contributed by atoms with Crippen molar-refractivity contribution in [1.82, 2.24) is 20.0 Å². The van der Waals surface area contributed by atoms with E-state index < -0.39 is 0 Å². The molecule has 1 aromatic carbocycles. The van der Waals surface area contributed by atoms with Gasteiger partial charge in [0.15, 0.2) is 0 Å². The molecular weight excluding hydrogens is 416 g/mol. The lowest BCUT2D eigenvalue weighted by atomic mass is 9.93. The van der Waals surface area contributed by atoms with Crippen molar-refractivity contribution >= 4 is 17.5 Å². The van der Waals surface area contributed by atoms with Crippen LogP contribution in [0.3, 0.4) is 0 Å². The number of hydrogen-bond donors (Lipinski definition) is 1. The molecule has 8 heteroatoms. The van der Waals surface area contributed by atoms with Crippen molar-refractivity contribution in [1.29, 1.82) is 0 Å². The molecular formula is C23H33ClN4O3. The van der Waals surface area contributed by atoms with Crippen molar-refractivity contribution in [2.45, 2.75) is 45.7 Å². The van der Waals surface area contributed by atoms with Crippen LogP contribution in [0, 0.1) is 12.8 Å². The van der Waals surface area contributed by atoms with Crippen LogP contribution in [0.2, 0.25) is 5.15 Å². The van der Waals surface area contributed by atoms with Crippen LogP contribution in [-0.2, 0) is 24.9 Å². The summed E-state index contributed by atoms with van der Waals surface area (Å²) >= 11 is 6.40. The molecule has 0 bridgehead atoms. The summed E-state index contributed by atoms with van der Waals surface area (Å²) in [5.74, 6) is 2.04. The van der Waals surface area contributed by atoms with E-state index in [0.29, 0.717) is 29.8 Å². The first kappa shape index (κ1) is 23.4. The molecule has 0 unspecified atom stereocenters. The maximum absolute atomic E-state index is 12.4. The van der Waals surface area contributed by atoms with Gasteiger partial charge in [-0.3, -0.25) is 14.4 Å². The van der Waals surface area contributed by atoms with E-state index in [-0.39, 0.29) is 5.91 Å². The summed E-state index contributed by atoms with van der Waals surface area (Å²) in [5.41, 5.74) is 3.03. The Labute approximate surface area is 189 Å². The molecule has 1 N–H and O–H groups in total. The van der Waals surface area contributed by atoms with Crippen LogP contribution in [0.4, 0.5) is 0 Å². The predicted octanol–water partition coefficient (Wildman–Crippen LogP) is 3.71. The molecule has 170 valence electrons. The highest BCUT2D eigenvalue weighted by Crippen LogP contribution is 2.27. The van der Waals surface area contributed by atoms with Crippen molar-refractivity contribution in [3.8, 4) is 11.5 Å². The smallest absolute Gasteiger partial charge is 0.220 e. The zero-order valence-electron chi connectivity index (χ0n) is 18.9. The number of piperidine rings is 1. The van der Waals surface area contributed by atoms with Gasteiger partial charge in [0, 0.05) is 50.3 Å². The van der Waals surface area contributed by atoms with E-state index in [1.54, 1.807) is 18.9 Å². The number of carbonyl (C=O) groups is 1. The average molecular weight is 449 g/mol. The van der Waals surface area contributed by atoms with Crippen molar-refractivity contribution < 1.29 is 14.3 Å². The third kappa shape index (κ3) is 6.14. The van der Waals surface area contributed by atoms with E-state index in [9.17, 15) is 4.79 Å². The number of rotatable bonds is 9. The highest BCUT2D eigenvalue weighted by atomic mass is 35.5. The van der Waals surface area contributed by atoms with E-state index in [4.69, 9.17) is 21.1 Å².